The topological polar surface area (TPSA) is 104 Å². The molecule has 1 aromatic rings. The maximum absolute atomic E-state index is 11.1. The third kappa shape index (κ3) is 3.54. The molecular weight excluding hydrogens is 214 g/mol. The molecule has 0 saturated heterocycles. The zero-order valence-corrected chi connectivity index (χ0v) is 8.34. The van der Waals surface area contributed by atoms with E-state index < -0.39 is 11.0 Å². The minimum Gasteiger partial charge on any atom is -0.395 e. The Morgan fingerprint density at radius 1 is 1.38 bits per heavy atom. The number of nitro groups is 1. The van der Waals surface area contributed by atoms with Gasteiger partial charge in [-0.2, -0.15) is 0 Å². The average Bonchev–Trinajstić information content (AvgIpc) is 2.27. The second-order valence-corrected chi connectivity index (χ2v) is 2.91. The highest BCUT2D eigenvalue weighted by atomic mass is 16.6. The molecule has 0 atom stereocenters. The minimum atomic E-state index is -0.518. The predicted molar refractivity (Wildman–Crippen MR) is 57.2 cm³/mol. The first-order valence-electron chi connectivity index (χ1n) is 4.53. The Hall–Kier alpha value is -2.15. The number of benzene rings is 1. The summed E-state index contributed by atoms with van der Waals surface area (Å²) in [5.74, 6) is 0. The Bertz CT molecular complexity index is 377. The van der Waals surface area contributed by atoms with Gasteiger partial charge in [0.25, 0.3) is 5.69 Å². The van der Waals surface area contributed by atoms with Crippen molar-refractivity contribution in [2.45, 2.75) is 0 Å². The van der Waals surface area contributed by atoms with Crippen LogP contribution in [0.4, 0.5) is 16.2 Å². The second-order valence-electron chi connectivity index (χ2n) is 2.91. The van der Waals surface area contributed by atoms with Crippen LogP contribution in [0.2, 0.25) is 0 Å². The van der Waals surface area contributed by atoms with Crippen molar-refractivity contribution in [1.82, 2.24) is 5.32 Å². The number of aliphatic hydroxyl groups is 1. The Morgan fingerprint density at radius 3 is 2.50 bits per heavy atom. The van der Waals surface area contributed by atoms with Crippen LogP contribution < -0.4 is 10.6 Å². The van der Waals surface area contributed by atoms with Gasteiger partial charge >= 0.3 is 6.03 Å². The highest BCUT2D eigenvalue weighted by molar-refractivity contribution is 5.89. The summed E-state index contributed by atoms with van der Waals surface area (Å²) in [5.41, 5.74) is 0.405. The van der Waals surface area contributed by atoms with Gasteiger partial charge in [0.1, 0.15) is 0 Å². The van der Waals surface area contributed by atoms with Crippen LogP contribution >= 0.6 is 0 Å². The second kappa shape index (κ2) is 5.66. The van der Waals surface area contributed by atoms with Gasteiger partial charge in [0.2, 0.25) is 0 Å². The van der Waals surface area contributed by atoms with Crippen molar-refractivity contribution in [2.75, 3.05) is 18.5 Å². The Labute approximate surface area is 91.2 Å². The summed E-state index contributed by atoms with van der Waals surface area (Å²) in [6, 6.07) is 4.97. The van der Waals surface area contributed by atoms with E-state index in [1.54, 1.807) is 0 Å². The van der Waals surface area contributed by atoms with E-state index in [9.17, 15) is 14.9 Å². The van der Waals surface area contributed by atoms with Crippen molar-refractivity contribution in [1.29, 1.82) is 0 Å². The van der Waals surface area contributed by atoms with Gasteiger partial charge in [-0.3, -0.25) is 10.1 Å². The van der Waals surface area contributed by atoms with Gasteiger partial charge in [-0.05, 0) is 12.1 Å². The third-order valence-electron chi connectivity index (χ3n) is 1.73. The van der Waals surface area contributed by atoms with Crippen molar-refractivity contribution in [3.05, 3.63) is 34.4 Å². The van der Waals surface area contributed by atoms with Gasteiger partial charge in [0.05, 0.1) is 11.5 Å². The maximum atomic E-state index is 11.1. The van der Waals surface area contributed by atoms with E-state index in [0.717, 1.165) is 0 Å². The molecule has 0 bridgehead atoms. The SMILES string of the molecule is O=C(NCCO)Nc1ccc([N+](=O)[O-])cc1. The summed E-state index contributed by atoms with van der Waals surface area (Å²) in [4.78, 5) is 21.0. The van der Waals surface area contributed by atoms with Gasteiger partial charge in [0.15, 0.2) is 0 Å². The van der Waals surface area contributed by atoms with Crippen molar-refractivity contribution in [3.8, 4) is 0 Å². The molecule has 2 amide bonds. The van der Waals surface area contributed by atoms with E-state index in [-0.39, 0.29) is 18.8 Å². The highest BCUT2D eigenvalue weighted by Crippen LogP contribution is 2.14. The Morgan fingerprint density at radius 2 is 2.00 bits per heavy atom. The Kier molecular flexibility index (Phi) is 4.22. The lowest BCUT2D eigenvalue weighted by Crippen LogP contribution is -2.30. The number of non-ortho nitro benzene ring substituents is 1. The highest BCUT2D eigenvalue weighted by Gasteiger charge is 2.05. The summed E-state index contributed by atoms with van der Waals surface area (Å²) >= 11 is 0. The molecular formula is C9H11N3O4. The third-order valence-corrected chi connectivity index (χ3v) is 1.73. The predicted octanol–water partition coefficient (Wildman–Crippen LogP) is 0.709. The van der Waals surface area contributed by atoms with Crippen LogP contribution in [0.1, 0.15) is 0 Å². The molecule has 0 aliphatic heterocycles. The number of aliphatic hydroxyl groups excluding tert-OH is 1. The smallest absolute Gasteiger partial charge is 0.319 e. The lowest BCUT2D eigenvalue weighted by molar-refractivity contribution is -0.384. The van der Waals surface area contributed by atoms with Gasteiger partial charge in [0, 0.05) is 24.4 Å². The van der Waals surface area contributed by atoms with E-state index in [2.05, 4.69) is 10.6 Å². The lowest BCUT2D eigenvalue weighted by Gasteiger charge is -2.05. The minimum absolute atomic E-state index is 0.0404. The quantitative estimate of drug-likeness (QED) is 0.518. The number of nitro benzene ring substituents is 1. The number of hydrogen-bond donors (Lipinski definition) is 3. The first-order valence-corrected chi connectivity index (χ1v) is 4.53. The summed E-state index contributed by atoms with van der Waals surface area (Å²) in [6.07, 6.45) is 0. The molecule has 0 saturated carbocycles. The fourth-order valence-corrected chi connectivity index (χ4v) is 1.01. The van der Waals surface area contributed by atoms with Gasteiger partial charge in [-0.1, -0.05) is 0 Å². The van der Waals surface area contributed by atoms with E-state index in [0.29, 0.717) is 5.69 Å². The Balaban J connectivity index is 2.55. The van der Waals surface area contributed by atoms with Crippen LogP contribution in [-0.2, 0) is 0 Å². The summed E-state index contributed by atoms with van der Waals surface area (Å²) < 4.78 is 0. The number of anilines is 1. The zero-order chi connectivity index (χ0) is 12.0. The molecule has 3 N–H and O–H groups in total. The summed E-state index contributed by atoms with van der Waals surface area (Å²) in [6.45, 7) is 0.00644. The largest absolute Gasteiger partial charge is 0.395 e. The zero-order valence-electron chi connectivity index (χ0n) is 8.34. The molecule has 7 nitrogen and oxygen atoms in total. The van der Waals surface area contributed by atoms with Crippen molar-refractivity contribution in [3.63, 3.8) is 0 Å². The number of carbonyl (C=O) groups is 1. The lowest BCUT2D eigenvalue weighted by atomic mass is 10.3. The molecule has 7 heteroatoms. The molecule has 0 radical (unpaired) electrons. The van der Waals surface area contributed by atoms with Crippen molar-refractivity contribution < 1.29 is 14.8 Å². The number of nitrogens with zero attached hydrogens (tertiary/aromatic N) is 1. The van der Waals surface area contributed by atoms with Gasteiger partial charge < -0.3 is 15.7 Å². The normalized spacial score (nSPS) is 9.56. The molecule has 0 aromatic heterocycles. The van der Waals surface area contributed by atoms with Gasteiger partial charge in [-0.25, -0.2) is 4.79 Å². The molecule has 0 heterocycles. The van der Waals surface area contributed by atoms with E-state index in [1.807, 2.05) is 0 Å². The fraction of sp³-hybridized carbons (Fsp3) is 0.222. The molecule has 0 spiro atoms. The standard InChI is InChI=1S/C9H11N3O4/c13-6-5-10-9(14)11-7-1-3-8(4-2-7)12(15)16/h1-4,13H,5-6H2,(H2,10,11,14). The van der Waals surface area contributed by atoms with Crippen molar-refractivity contribution >= 4 is 17.4 Å². The number of carbonyl (C=O) groups excluding carboxylic acids is 1. The van der Waals surface area contributed by atoms with Crippen LogP contribution in [0.15, 0.2) is 24.3 Å². The van der Waals surface area contributed by atoms with Crippen LogP contribution in [0.3, 0.4) is 0 Å². The van der Waals surface area contributed by atoms with Crippen LogP contribution in [0.5, 0.6) is 0 Å². The van der Waals surface area contributed by atoms with Crippen LogP contribution in [0, 0.1) is 10.1 Å². The van der Waals surface area contributed by atoms with E-state index in [4.69, 9.17) is 5.11 Å². The molecule has 0 unspecified atom stereocenters. The molecule has 86 valence electrons. The number of urea groups is 1. The molecule has 0 aliphatic rings. The number of amides is 2. The van der Waals surface area contributed by atoms with Gasteiger partial charge in [-0.15, -0.1) is 0 Å². The van der Waals surface area contributed by atoms with E-state index in [1.165, 1.54) is 24.3 Å². The van der Waals surface area contributed by atoms with E-state index >= 15 is 0 Å². The van der Waals surface area contributed by atoms with Crippen LogP contribution in [-0.4, -0.2) is 29.2 Å². The van der Waals surface area contributed by atoms with Crippen LogP contribution in [0.25, 0.3) is 0 Å². The molecule has 1 rings (SSSR count). The maximum Gasteiger partial charge on any atom is 0.319 e. The fourth-order valence-electron chi connectivity index (χ4n) is 1.01. The number of nitrogens with one attached hydrogen (secondary N) is 2. The molecule has 16 heavy (non-hydrogen) atoms. The molecule has 0 aliphatic carbocycles. The summed E-state index contributed by atoms with van der Waals surface area (Å²) in [5, 5.41) is 23.7. The average molecular weight is 225 g/mol. The molecule has 0 fully saturated rings. The number of hydrogen-bond acceptors (Lipinski definition) is 4. The first kappa shape index (κ1) is 11.9. The molecule has 1 aromatic carbocycles. The summed E-state index contributed by atoms with van der Waals surface area (Å²) in [7, 11) is 0. The number of rotatable bonds is 4. The monoisotopic (exact) mass is 225 g/mol. The van der Waals surface area contributed by atoms with Crippen molar-refractivity contribution in [2.24, 2.45) is 0 Å². The first-order chi connectivity index (χ1) is 7.63.